The third-order valence-electron chi connectivity index (χ3n) is 4.23. The first-order valence-corrected chi connectivity index (χ1v) is 7.03. The summed E-state index contributed by atoms with van der Waals surface area (Å²) in [5.74, 6) is 0.800. The van der Waals surface area contributed by atoms with E-state index < -0.39 is 0 Å². The molecule has 1 aromatic rings. The molecule has 2 heteroatoms. The minimum atomic E-state index is 0.413. The van der Waals surface area contributed by atoms with Gasteiger partial charge in [-0.2, -0.15) is 0 Å². The number of hydrogen-bond donors (Lipinski definition) is 1. The van der Waals surface area contributed by atoms with Gasteiger partial charge in [0.1, 0.15) is 0 Å². The fraction of sp³-hybridized carbons (Fsp3) is 0.625. The second-order valence-electron chi connectivity index (χ2n) is 6.23. The summed E-state index contributed by atoms with van der Waals surface area (Å²) in [6, 6.07) is 10.8. The van der Waals surface area contributed by atoms with Crippen LogP contribution in [0.3, 0.4) is 0 Å². The van der Waals surface area contributed by atoms with E-state index in [1.165, 1.54) is 25.1 Å². The van der Waals surface area contributed by atoms with Gasteiger partial charge in [0.05, 0.1) is 0 Å². The summed E-state index contributed by atoms with van der Waals surface area (Å²) in [4.78, 5) is 2.60. The summed E-state index contributed by atoms with van der Waals surface area (Å²) in [6.07, 6.45) is 1.31. The van der Waals surface area contributed by atoms with E-state index in [1.807, 2.05) is 0 Å². The van der Waals surface area contributed by atoms with Gasteiger partial charge in [-0.15, -0.1) is 0 Å². The van der Waals surface area contributed by atoms with Gasteiger partial charge in [0, 0.05) is 13.1 Å². The topological polar surface area (TPSA) is 15.3 Å². The summed E-state index contributed by atoms with van der Waals surface area (Å²) in [5, 5.41) is 3.34. The lowest BCUT2D eigenvalue weighted by atomic mass is 9.74. The molecule has 0 aliphatic carbocycles. The lowest BCUT2D eigenvalue weighted by molar-refractivity contribution is 0.0513. The number of likely N-dealkylation sites (tertiary alicyclic amines) is 1. The van der Waals surface area contributed by atoms with Gasteiger partial charge in [0.25, 0.3) is 0 Å². The maximum atomic E-state index is 3.34. The Morgan fingerprint density at radius 3 is 2.61 bits per heavy atom. The zero-order chi connectivity index (χ0) is 13.0. The highest BCUT2D eigenvalue weighted by atomic mass is 15.1. The van der Waals surface area contributed by atoms with Crippen molar-refractivity contribution < 1.29 is 0 Å². The van der Waals surface area contributed by atoms with E-state index in [0.717, 1.165) is 19.0 Å². The van der Waals surface area contributed by atoms with Crippen molar-refractivity contribution in [3.8, 4) is 0 Å². The van der Waals surface area contributed by atoms with Crippen LogP contribution >= 0.6 is 0 Å². The van der Waals surface area contributed by atoms with E-state index in [9.17, 15) is 0 Å². The Balaban J connectivity index is 1.94. The summed E-state index contributed by atoms with van der Waals surface area (Å²) in [5.41, 5.74) is 1.84. The lowest BCUT2D eigenvalue weighted by Gasteiger charge is -2.44. The molecule has 0 aromatic heterocycles. The smallest absolute Gasteiger partial charge is 0.0233 e. The molecule has 1 unspecified atom stereocenters. The highest BCUT2D eigenvalue weighted by molar-refractivity contribution is 5.14. The number of piperidine rings is 1. The Kier molecular flexibility index (Phi) is 4.41. The molecule has 1 heterocycles. The Bertz CT molecular complexity index is 359. The van der Waals surface area contributed by atoms with Gasteiger partial charge in [-0.1, -0.05) is 44.2 Å². The summed E-state index contributed by atoms with van der Waals surface area (Å²) < 4.78 is 0. The van der Waals surface area contributed by atoms with Crippen LogP contribution in [0.1, 0.15) is 25.8 Å². The largest absolute Gasteiger partial charge is 0.319 e. The first-order chi connectivity index (χ1) is 8.62. The van der Waals surface area contributed by atoms with E-state index in [2.05, 4.69) is 61.4 Å². The van der Waals surface area contributed by atoms with Crippen LogP contribution in [0, 0.1) is 11.3 Å². The molecule has 0 amide bonds. The molecule has 1 N–H and O–H groups in total. The summed E-state index contributed by atoms with van der Waals surface area (Å²) >= 11 is 0. The van der Waals surface area contributed by atoms with Crippen molar-refractivity contribution in [1.82, 2.24) is 10.2 Å². The fourth-order valence-corrected chi connectivity index (χ4v) is 3.11. The van der Waals surface area contributed by atoms with Crippen molar-refractivity contribution in [1.29, 1.82) is 0 Å². The molecular formula is C16H26N2. The van der Waals surface area contributed by atoms with Gasteiger partial charge >= 0.3 is 0 Å². The number of hydrogen-bond acceptors (Lipinski definition) is 2. The Hall–Kier alpha value is -0.860. The minimum Gasteiger partial charge on any atom is -0.319 e. The van der Waals surface area contributed by atoms with Crippen LogP contribution in [0.15, 0.2) is 30.3 Å². The molecule has 1 atom stereocenters. The molecule has 0 saturated carbocycles. The predicted molar refractivity (Wildman–Crippen MR) is 77.5 cm³/mol. The SMILES string of the molecule is CNCC1CCN(Cc2ccccc2)CC1(C)C. The van der Waals surface area contributed by atoms with Crippen molar-refractivity contribution in [3.05, 3.63) is 35.9 Å². The Labute approximate surface area is 111 Å². The fourth-order valence-electron chi connectivity index (χ4n) is 3.11. The standard InChI is InChI=1S/C16H26N2/c1-16(2)13-18(10-9-15(16)11-17-3)12-14-7-5-4-6-8-14/h4-8,15,17H,9-13H2,1-3H3. The second kappa shape index (κ2) is 5.85. The third kappa shape index (κ3) is 3.33. The van der Waals surface area contributed by atoms with Crippen LogP contribution in [0.25, 0.3) is 0 Å². The summed E-state index contributed by atoms with van der Waals surface area (Å²) in [6.45, 7) is 9.49. The minimum absolute atomic E-state index is 0.413. The molecule has 18 heavy (non-hydrogen) atoms. The van der Waals surface area contributed by atoms with E-state index >= 15 is 0 Å². The molecule has 1 saturated heterocycles. The molecule has 0 bridgehead atoms. The van der Waals surface area contributed by atoms with Crippen LogP contribution < -0.4 is 5.32 Å². The van der Waals surface area contributed by atoms with Crippen LogP contribution in [0.4, 0.5) is 0 Å². The molecule has 2 nitrogen and oxygen atoms in total. The molecule has 1 aliphatic rings. The number of rotatable bonds is 4. The van der Waals surface area contributed by atoms with Gasteiger partial charge < -0.3 is 5.32 Å². The first-order valence-electron chi connectivity index (χ1n) is 7.03. The molecule has 1 fully saturated rings. The highest BCUT2D eigenvalue weighted by Crippen LogP contribution is 2.34. The van der Waals surface area contributed by atoms with E-state index in [-0.39, 0.29) is 0 Å². The van der Waals surface area contributed by atoms with E-state index in [1.54, 1.807) is 0 Å². The van der Waals surface area contributed by atoms with Crippen molar-refractivity contribution in [3.63, 3.8) is 0 Å². The number of nitrogens with zero attached hydrogens (tertiary/aromatic N) is 1. The molecule has 2 rings (SSSR count). The van der Waals surface area contributed by atoms with Gasteiger partial charge in [0.15, 0.2) is 0 Å². The van der Waals surface area contributed by atoms with Crippen molar-refractivity contribution in [2.45, 2.75) is 26.8 Å². The van der Waals surface area contributed by atoms with Gasteiger partial charge in [-0.25, -0.2) is 0 Å². The molecule has 0 radical (unpaired) electrons. The van der Waals surface area contributed by atoms with Crippen molar-refractivity contribution in [2.24, 2.45) is 11.3 Å². The normalized spacial score (nSPS) is 24.1. The van der Waals surface area contributed by atoms with Crippen LogP contribution in [-0.4, -0.2) is 31.6 Å². The average molecular weight is 246 g/mol. The summed E-state index contributed by atoms with van der Waals surface area (Å²) in [7, 11) is 2.06. The highest BCUT2D eigenvalue weighted by Gasteiger charge is 2.34. The van der Waals surface area contributed by atoms with Crippen molar-refractivity contribution in [2.75, 3.05) is 26.7 Å². The lowest BCUT2D eigenvalue weighted by Crippen LogP contribution is -2.48. The van der Waals surface area contributed by atoms with Crippen LogP contribution in [0.5, 0.6) is 0 Å². The van der Waals surface area contributed by atoms with E-state index in [4.69, 9.17) is 0 Å². The zero-order valence-corrected chi connectivity index (χ0v) is 11.9. The Morgan fingerprint density at radius 1 is 1.28 bits per heavy atom. The molecular weight excluding hydrogens is 220 g/mol. The maximum absolute atomic E-state index is 3.34. The predicted octanol–water partition coefficient (Wildman–Crippen LogP) is 2.75. The van der Waals surface area contributed by atoms with Gasteiger partial charge in [-0.05, 0) is 43.5 Å². The number of benzene rings is 1. The van der Waals surface area contributed by atoms with Gasteiger partial charge in [0.2, 0.25) is 0 Å². The molecule has 1 aliphatic heterocycles. The molecule has 1 aromatic carbocycles. The quantitative estimate of drug-likeness (QED) is 0.879. The zero-order valence-electron chi connectivity index (χ0n) is 11.9. The third-order valence-corrected chi connectivity index (χ3v) is 4.23. The van der Waals surface area contributed by atoms with E-state index in [0.29, 0.717) is 5.41 Å². The first kappa shape index (κ1) is 13.6. The van der Waals surface area contributed by atoms with Crippen LogP contribution in [0.2, 0.25) is 0 Å². The second-order valence-corrected chi connectivity index (χ2v) is 6.23. The number of nitrogens with one attached hydrogen (secondary N) is 1. The average Bonchev–Trinajstić information content (AvgIpc) is 2.33. The van der Waals surface area contributed by atoms with Crippen LogP contribution in [-0.2, 0) is 6.54 Å². The van der Waals surface area contributed by atoms with Crippen molar-refractivity contribution >= 4 is 0 Å². The monoisotopic (exact) mass is 246 g/mol. The molecule has 100 valence electrons. The maximum Gasteiger partial charge on any atom is 0.0233 e. The Morgan fingerprint density at radius 2 is 2.00 bits per heavy atom. The van der Waals surface area contributed by atoms with Gasteiger partial charge in [-0.3, -0.25) is 4.90 Å². The molecule has 0 spiro atoms.